The second kappa shape index (κ2) is 5.92. The van der Waals surface area contributed by atoms with Crippen LogP contribution in [0, 0.1) is 5.92 Å². The summed E-state index contributed by atoms with van der Waals surface area (Å²) in [6.07, 6.45) is 5.43. The maximum absolute atomic E-state index is 4.15. The molecule has 0 aliphatic rings. The molecule has 0 bridgehead atoms. The van der Waals surface area contributed by atoms with Gasteiger partial charge in [0.25, 0.3) is 0 Å². The normalized spacial score (nSPS) is 12.5. The first-order chi connectivity index (χ1) is 9.08. The molecular weight excluding hydrogens is 230 g/mol. The number of aromatic nitrogens is 1. The molecule has 0 saturated heterocycles. The van der Waals surface area contributed by atoms with E-state index >= 15 is 0 Å². The van der Waals surface area contributed by atoms with Crippen LogP contribution in [0.5, 0.6) is 0 Å². The SMILES string of the molecule is C=C(C)CCC(Cc1c[nH]c2ccccc12)C(=C)C. The Morgan fingerprint density at radius 2 is 1.95 bits per heavy atom. The monoisotopic (exact) mass is 253 g/mol. The van der Waals surface area contributed by atoms with Crippen LogP contribution in [0.2, 0.25) is 0 Å². The zero-order valence-corrected chi connectivity index (χ0v) is 12.0. The van der Waals surface area contributed by atoms with Gasteiger partial charge in [0.05, 0.1) is 0 Å². The van der Waals surface area contributed by atoms with Gasteiger partial charge in [0, 0.05) is 17.1 Å². The summed E-state index contributed by atoms with van der Waals surface area (Å²) in [7, 11) is 0. The standard InChI is InChI=1S/C18H23N/c1-13(2)9-10-15(14(3)4)11-16-12-19-18-8-6-5-7-17(16)18/h5-8,12,15,19H,1,3,9-11H2,2,4H3. The third kappa shape index (κ3) is 3.37. The average molecular weight is 253 g/mol. The fraction of sp³-hybridized carbons (Fsp3) is 0.333. The number of fused-ring (bicyclic) bond motifs is 1. The molecular formula is C18H23N. The number of nitrogens with one attached hydrogen (secondary N) is 1. The van der Waals surface area contributed by atoms with Crippen LogP contribution in [-0.4, -0.2) is 4.98 Å². The molecule has 1 aromatic carbocycles. The molecule has 0 fully saturated rings. The molecule has 0 spiro atoms. The predicted octanol–water partition coefficient (Wildman–Crippen LogP) is 5.26. The summed E-state index contributed by atoms with van der Waals surface area (Å²) >= 11 is 0. The van der Waals surface area contributed by atoms with Crippen LogP contribution in [0.1, 0.15) is 32.3 Å². The largest absolute Gasteiger partial charge is 0.361 e. The van der Waals surface area contributed by atoms with Gasteiger partial charge in [-0.1, -0.05) is 35.9 Å². The van der Waals surface area contributed by atoms with Crippen molar-refractivity contribution in [2.24, 2.45) is 5.92 Å². The third-order valence-corrected chi connectivity index (χ3v) is 3.76. The van der Waals surface area contributed by atoms with E-state index in [-0.39, 0.29) is 0 Å². The van der Waals surface area contributed by atoms with Crippen LogP contribution in [0.3, 0.4) is 0 Å². The first-order valence-electron chi connectivity index (χ1n) is 6.92. The van der Waals surface area contributed by atoms with Crippen molar-refractivity contribution in [1.29, 1.82) is 0 Å². The van der Waals surface area contributed by atoms with E-state index in [1.165, 1.54) is 27.6 Å². The summed E-state index contributed by atoms with van der Waals surface area (Å²) < 4.78 is 0. The Morgan fingerprint density at radius 3 is 2.63 bits per heavy atom. The van der Waals surface area contributed by atoms with E-state index < -0.39 is 0 Å². The molecule has 1 unspecified atom stereocenters. The van der Waals surface area contributed by atoms with E-state index in [0.717, 1.165) is 19.3 Å². The Bertz CT molecular complexity index is 589. The van der Waals surface area contributed by atoms with E-state index in [4.69, 9.17) is 0 Å². The molecule has 2 rings (SSSR count). The lowest BCUT2D eigenvalue weighted by atomic mass is 9.88. The zero-order chi connectivity index (χ0) is 13.8. The molecule has 2 aromatic rings. The number of hydrogen-bond donors (Lipinski definition) is 1. The molecule has 1 N–H and O–H groups in total. The van der Waals surface area contributed by atoms with Crippen LogP contribution >= 0.6 is 0 Å². The van der Waals surface area contributed by atoms with Crippen molar-refractivity contribution in [3.8, 4) is 0 Å². The molecule has 0 amide bonds. The number of H-pyrrole nitrogens is 1. The Labute approximate surface area is 116 Å². The summed E-state index contributed by atoms with van der Waals surface area (Å²) in [6, 6.07) is 8.49. The lowest BCUT2D eigenvalue weighted by Crippen LogP contribution is -2.05. The first kappa shape index (κ1) is 13.7. The fourth-order valence-electron chi connectivity index (χ4n) is 2.51. The Hall–Kier alpha value is -1.76. The minimum atomic E-state index is 0.538. The van der Waals surface area contributed by atoms with Crippen molar-refractivity contribution in [2.45, 2.75) is 33.1 Å². The predicted molar refractivity (Wildman–Crippen MR) is 84.4 cm³/mol. The van der Waals surface area contributed by atoms with E-state index in [1.807, 2.05) is 0 Å². The third-order valence-electron chi connectivity index (χ3n) is 3.76. The maximum Gasteiger partial charge on any atom is 0.0456 e. The van der Waals surface area contributed by atoms with Crippen LogP contribution < -0.4 is 0 Å². The molecule has 1 atom stereocenters. The molecule has 1 aromatic heterocycles. The van der Waals surface area contributed by atoms with Gasteiger partial charge in [-0.2, -0.15) is 0 Å². The summed E-state index contributed by atoms with van der Waals surface area (Å²) in [5.41, 5.74) is 5.14. The highest BCUT2D eigenvalue weighted by Gasteiger charge is 2.13. The van der Waals surface area contributed by atoms with Crippen molar-refractivity contribution in [3.63, 3.8) is 0 Å². The number of allylic oxidation sites excluding steroid dienone is 2. The Morgan fingerprint density at radius 1 is 1.21 bits per heavy atom. The van der Waals surface area contributed by atoms with Crippen molar-refractivity contribution in [2.75, 3.05) is 0 Å². The zero-order valence-electron chi connectivity index (χ0n) is 12.0. The number of hydrogen-bond acceptors (Lipinski definition) is 0. The van der Waals surface area contributed by atoms with Gasteiger partial charge < -0.3 is 4.98 Å². The van der Waals surface area contributed by atoms with Gasteiger partial charge in [0.2, 0.25) is 0 Å². The van der Waals surface area contributed by atoms with Crippen molar-refractivity contribution >= 4 is 10.9 Å². The molecule has 1 heterocycles. The van der Waals surface area contributed by atoms with Crippen molar-refractivity contribution in [1.82, 2.24) is 4.98 Å². The van der Waals surface area contributed by atoms with Gasteiger partial charge >= 0.3 is 0 Å². The van der Waals surface area contributed by atoms with Crippen LogP contribution in [0.15, 0.2) is 54.8 Å². The quantitative estimate of drug-likeness (QED) is 0.676. The summed E-state index contributed by atoms with van der Waals surface area (Å²) in [6.45, 7) is 12.4. The van der Waals surface area contributed by atoms with Crippen molar-refractivity contribution in [3.05, 3.63) is 60.3 Å². The maximum atomic E-state index is 4.15. The van der Waals surface area contributed by atoms with Crippen LogP contribution in [-0.2, 0) is 6.42 Å². The summed E-state index contributed by atoms with van der Waals surface area (Å²) in [5.74, 6) is 0.538. The van der Waals surface area contributed by atoms with E-state index in [2.05, 4.69) is 62.5 Å². The molecule has 1 heteroatoms. The molecule has 0 aliphatic heterocycles. The van der Waals surface area contributed by atoms with Gasteiger partial charge in [0.1, 0.15) is 0 Å². The molecule has 0 radical (unpaired) electrons. The second-order valence-electron chi connectivity index (χ2n) is 5.60. The van der Waals surface area contributed by atoms with Crippen LogP contribution in [0.4, 0.5) is 0 Å². The van der Waals surface area contributed by atoms with Crippen LogP contribution in [0.25, 0.3) is 10.9 Å². The van der Waals surface area contributed by atoms with E-state index in [9.17, 15) is 0 Å². The van der Waals surface area contributed by atoms with Gasteiger partial charge in [-0.15, -0.1) is 6.58 Å². The van der Waals surface area contributed by atoms with Crippen molar-refractivity contribution < 1.29 is 0 Å². The number of rotatable bonds is 6. The molecule has 0 aliphatic carbocycles. The number of aromatic amines is 1. The van der Waals surface area contributed by atoms with Gasteiger partial charge in [-0.05, 0) is 50.7 Å². The minimum Gasteiger partial charge on any atom is -0.361 e. The Kier molecular flexibility index (Phi) is 4.26. The highest BCUT2D eigenvalue weighted by Crippen LogP contribution is 2.26. The van der Waals surface area contributed by atoms with Gasteiger partial charge in [0.15, 0.2) is 0 Å². The smallest absolute Gasteiger partial charge is 0.0456 e. The first-order valence-corrected chi connectivity index (χ1v) is 6.92. The molecule has 1 nitrogen and oxygen atoms in total. The minimum absolute atomic E-state index is 0.538. The highest BCUT2D eigenvalue weighted by molar-refractivity contribution is 5.83. The fourth-order valence-corrected chi connectivity index (χ4v) is 2.51. The molecule has 0 saturated carbocycles. The highest BCUT2D eigenvalue weighted by atomic mass is 14.7. The average Bonchev–Trinajstić information content (AvgIpc) is 2.77. The summed E-state index contributed by atoms with van der Waals surface area (Å²) in [5, 5.41) is 1.34. The van der Waals surface area contributed by atoms with E-state index in [0.29, 0.717) is 5.92 Å². The van der Waals surface area contributed by atoms with Gasteiger partial charge in [-0.3, -0.25) is 0 Å². The topological polar surface area (TPSA) is 15.8 Å². The van der Waals surface area contributed by atoms with Gasteiger partial charge in [-0.25, -0.2) is 0 Å². The number of para-hydroxylation sites is 1. The lowest BCUT2D eigenvalue weighted by Gasteiger charge is -2.16. The second-order valence-corrected chi connectivity index (χ2v) is 5.60. The summed E-state index contributed by atoms with van der Waals surface area (Å²) in [4.78, 5) is 3.35. The molecule has 19 heavy (non-hydrogen) atoms. The number of benzene rings is 1. The molecule has 100 valence electrons. The van der Waals surface area contributed by atoms with E-state index in [1.54, 1.807) is 0 Å². The Balaban J connectivity index is 2.16. The lowest BCUT2D eigenvalue weighted by molar-refractivity contribution is 0.559.